The van der Waals surface area contributed by atoms with Gasteiger partial charge in [0.2, 0.25) is 11.8 Å². The Bertz CT molecular complexity index is 729. The van der Waals surface area contributed by atoms with Crippen LogP contribution < -0.4 is 10.6 Å². The smallest absolute Gasteiger partial charge is 0.246 e. The van der Waals surface area contributed by atoms with Crippen LogP contribution in [-0.2, 0) is 16.0 Å². The van der Waals surface area contributed by atoms with Crippen LogP contribution in [0.2, 0.25) is 0 Å². The lowest BCUT2D eigenvalue weighted by molar-refractivity contribution is -0.126. The first-order valence-corrected chi connectivity index (χ1v) is 8.36. The average Bonchev–Trinajstić information content (AvgIpc) is 2.58. The zero-order chi connectivity index (χ0) is 18.2. The summed E-state index contributed by atoms with van der Waals surface area (Å²) in [6.07, 6.45) is 1.85. The summed E-state index contributed by atoms with van der Waals surface area (Å²) >= 11 is 0. The molecule has 25 heavy (non-hydrogen) atoms. The molecular weight excluding hydrogens is 319 g/mol. The Kier molecular flexibility index (Phi) is 6.69. The number of benzene rings is 2. The van der Waals surface area contributed by atoms with Crippen LogP contribution in [-0.4, -0.2) is 17.9 Å². The van der Waals surface area contributed by atoms with E-state index in [4.69, 9.17) is 0 Å². The molecular formula is C20H23FN2O2. The van der Waals surface area contributed by atoms with Gasteiger partial charge >= 0.3 is 0 Å². The summed E-state index contributed by atoms with van der Waals surface area (Å²) in [4.78, 5) is 24.0. The molecule has 1 atom stereocenters. The molecule has 2 rings (SSSR count). The minimum Gasteiger partial charge on any atom is -0.345 e. The van der Waals surface area contributed by atoms with Gasteiger partial charge in [-0.15, -0.1) is 0 Å². The molecule has 0 bridgehead atoms. The van der Waals surface area contributed by atoms with Gasteiger partial charge in [-0.05, 0) is 44.4 Å². The lowest BCUT2D eigenvalue weighted by Crippen LogP contribution is -2.41. The maximum atomic E-state index is 13.5. The van der Waals surface area contributed by atoms with Crippen LogP contribution in [0.1, 0.15) is 30.9 Å². The van der Waals surface area contributed by atoms with E-state index in [9.17, 15) is 14.0 Å². The molecule has 0 aliphatic heterocycles. The normalized spacial score (nSPS) is 11.6. The predicted molar refractivity (Wildman–Crippen MR) is 96.8 cm³/mol. The van der Waals surface area contributed by atoms with Gasteiger partial charge in [0.25, 0.3) is 0 Å². The SMILES string of the molecule is Cc1ccc(CCCC(=O)NC(C)C(=O)Nc2ccccc2F)cc1. The van der Waals surface area contributed by atoms with Crippen LogP contribution in [0.4, 0.5) is 10.1 Å². The van der Waals surface area contributed by atoms with Gasteiger partial charge in [0.1, 0.15) is 11.9 Å². The van der Waals surface area contributed by atoms with E-state index in [1.807, 2.05) is 19.1 Å². The van der Waals surface area contributed by atoms with Crippen LogP contribution in [0.5, 0.6) is 0 Å². The van der Waals surface area contributed by atoms with Gasteiger partial charge in [0.15, 0.2) is 0 Å². The van der Waals surface area contributed by atoms with Gasteiger partial charge in [0.05, 0.1) is 5.69 Å². The number of halogens is 1. The minimum atomic E-state index is -0.730. The van der Waals surface area contributed by atoms with Gasteiger partial charge in [-0.25, -0.2) is 4.39 Å². The summed E-state index contributed by atoms with van der Waals surface area (Å²) in [6.45, 7) is 3.61. The average molecular weight is 342 g/mol. The Labute approximate surface area is 147 Å². The van der Waals surface area contributed by atoms with Crippen molar-refractivity contribution < 1.29 is 14.0 Å². The van der Waals surface area contributed by atoms with Gasteiger partial charge < -0.3 is 10.6 Å². The maximum absolute atomic E-state index is 13.5. The second kappa shape index (κ2) is 8.97. The van der Waals surface area contributed by atoms with Crippen molar-refractivity contribution >= 4 is 17.5 Å². The van der Waals surface area contributed by atoms with Gasteiger partial charge in [-0.3, -0.25) is 9.59 Å². The summed E-state index contributed by atoms with van der Waals surface area (Å²) < 4.78 is 13.5. The van der Waals surface area contributed by atoms with E-state index >= 15 is 0 Å². The predicted octanol–water partition coefficient (Wildman–Crippen LogP) is 3.60. The largest absolute Gasteiger partial charge is 0.345 e. The number of para-hydroxylation sites is 1. The third-order valence-electron chi connectivity index (χ3n) is 3.89. The molecule has 0 aromatic heterocycles. The molecule has 0 saturated carbocycles. The van der Waals surface area contributed by atoms with Crippen molar-refractivity contribution in [1.82, 2.24) is 5.32 Å². The lowest BCUT2D eigenvalue weighted by Gasteiger charge is -2.14. The molecule has 2 aromatic carbocycles. The summed E-state index contributed by atoms with van der Waals surface area (Å²) in [5.41, 5.74) is 2.49. The van der Waals surface area contributed by atoms with Crippen LogP contribution >= 0.6 is 0 Å². The quantitative estimate of drug-likeness (QED) is 0.808. The molecule has 0 aliphatic carbocycles. The number of amides is 2. The summed E-state index contributed by atoms with van der Waals surface area (Å²) in [6, 6.07) is 13.4. The Morgan fingerprint density at radius 1 is 1.08 bits per heavy atom. The molecule has 0 heterocycles. The van der Waals surface area contributed by atoms with Gasteiger partial charge in [-0.1, -0.05) is 42.0 Å². The summed E-state index contributed by atoms with van der Waals surface area (Å²) in [7, 11) is 0. The van der Waals surface area contributed by atoms with Crippen molar-refractivity contribution in [3.8, 4) is 0 Å². The number of hydrogen-bond acceptors (Lipinski definition) is 2. The third-order valence-corrected chi connectivity index (χ3v) is 3.89. The summed E-state index contributed by atoms with van der Waals surface area (Å²) in [5.74, 6) is -1.15. The topological polar surface area (TPSA) is 58.2 Å². The zero-order valence-electron chi connectivity index (χ0n) is 14.5. The molecule has 132 valence electrons. The van der Waals surface area contributed by atoms with E-state index in [1.165, 1.54) is 23.3 Å². The Hall–Kier alpha value is -2.69. The van der Waals surface area contributed by atoms with E-state index in [2.05, 4.69) is 22.8 Å². The van der Waals surface area contributed by atoms with Crippen molar-refractivity contribution in [2.75, 3.05) is 5.32 Å². The Morgan fingerprint density at radius 3 is 2.44 bits per heavy atom. The fourth-order valence-electron chi connectivity index (χ4n) is 2.39. The fraction of sp³-hybridized carbons (Fsp3) is 0.300. The van der Waals surface area contributed by atoms with Crippen LogP contribution in [0.3, 0.4) is 0 Å². The second-order valence-corrected chi connectivity index (χ2v) is 6.10. The highest BCUT2D eigenvalue weighted by molar-refractivity contribution is 5.96. The van der Waals surface area contributed by atoms with E-state index in [-0.39, 0.29) is 11.6 Å². The highest BCUT2D eigenvalue weighted by Gasteiger charge is 2.16. The fourth-order valence-corrected chi connectivity index (χ4v) is 2.39. The number of anilines is 1. The van der Waals surface area contributed by atoms with Crippen LogP contribution in [0.25, 0.3) is 0 Å². The first-order chi connectivity index (χ1) is 12.0. The summed E-state index contributed by atoms with van der Waals surface area (Å²) in [5, 5.41) is 5.12. The molecule has 0 spiro atoms. The van der Waals surface area contributed by atoms with E-state index in [0.29, 0.717) is 12.8 Å². The van der Waals surface area contributed by atoms with Crippen molar-refractivity contribution in [2.24, 2.45) is 0 Å². The molecule has 2 aromatic rings. The van der Waals surface area contributed by atoms with Crippen LogP contribution in [0, 0.1) is 12.7 Å². The number of rotatable bonds is 7. The van der Waals surface area contributed by atoms with Gasteiger partial charge in [0, 0.05) is 6.42 Å². The minimum absolute atomic E-state index is 0.105. The number of carbonyl (C=O) groups excluding carboxylic acids is 2. The van der Waals surface area contributed by atoms with Crippen molar-refractivity contribution in [2.45, 2.75) is 39.2 Å². The van der Waals surface area contributed by atoms with E-state index in [1.54, 1.807) is 19.1 Å². The molecule has 4 nitrogen and oxygen atoms in total. The van der Waals surface area contributed by atoms with E-state index in [0.717, 1.165) is 6.42 Å². The first-order valence-electron chi connectivity index (χ1n) is 8.36. The lowest BCUT2D eigenvalue weighted by atomic mass is 10.1. The molecule has 2 N–H and O–H groups in total. The molecule has 0 fully saturated rings. The molecule has 0 saturated heterocycles. The molecule has 0 radical (unpaired) electrons. The van der Waals surface area contributed by atoms with Gasteiger partial charge in [-0.2, -0.15) is 0 Å². The number of aryl methyl sites for hydroxylation is 2. The molecule has 1 unspecified atom stereocenters. The highest BCUT2D eigenvalue weighted by Crippen LogP contribution is 2.12. The molecule has 0 aliphatic rings. The number of nitrogens with one attached hydrogen (secondary N) is 2. The van der Waals surface area contributed by atoms with Crippen molar-refractivity contribution in [1.29, 1.82) is 0 Å². The van der Waals surface area contributed by atoms with Crippen LogP contribution in [0.15, 0.2) is 48.5 Å². The first kappa shape index (κ1) is 18.6. The van der Waals surface area contributed by atoms with E-state index < -0.39 is 17.8 Å². The molecule has 2 amide bonds. The van der Waals surface area contributed by atoms with Crippen molar-refractivity contribution in [3.05, 3.63) is 65.5 Å². The Morgan fingerprint density at radius 2 is 1.76 bits per heavy atom. The highest BCUT2D eigenvalue weighted by atomic mass is 19.1. The third kappa shape index (κ3) is 6.03. The zero-order valence-corrected chi connectivity index (χ0v) is 14.5. The Balaban J connectivity index is 1.74. The standard InChI is InChI=1S/C20H23FN2O2/c1-14-10-12-16(13-11-14)6-5-9-19(24)22-15(2)20(25)23-18-8-4-3-7-17(18)21/h3-4,7-8,10-13,15H,5-6,9H2,1-2H3,(H,22,24)(H,23,25). The molecule has 5 heteroatoms. The maximum Gasteiger partial charge on any atom is 0.246 e. The number of carbonyl (C=O) groups is 2. The van der Waals surface area contributed by atoms with Crippen molar-refractivity contribution in [3.63, 3.8) is 0 Å². The second-order valence-electron chi connectivity index (χ2n) is 6.10. The number of hydrogen-bond donors (Lipinski definition) is 2. The monoisotopic (exact) mass is 342 g/mol.